The minimum atomic E-state index is -2.86. The van der Waals surface area contributed by atoms with Gasteiger partial charge in [0.15, 0.2) is 9.84 Å². The summed E-state index contributed by atoms with van der Waals surface area (Å²) in [6.07, 6.45) is 5.03. The fraction of sp³-hybridized carbons (Fsp3) is 0.500. The van der Waals surface area contributed by atoms with Crippen LogP contribution < -0.4 is 5.32 Å². The zero-order chi connectivity index (χ0) is 11.6. The predicted molar refractivity (Wildman–Crippen MR) is 67.2 cm³/mol. The molecule has 0 bridgehead atoms. The fourth-order valence-corrected chi connectivity index (χ4v) is 3.86. The van der Waals surface area contributed by atoms with E-state index in [1.54, 1.807) is 12.4 Å². The van der Waals surface area contributed by atoms with Gasteiger partial charge in [-0.05, 0) is 34.8 Å². The first-order valence-corrected chi connectivity index (χ1v) is 7.74. The molecular formula is C10H13BrN2O2S. The maximum Gasteiger partial charge on any atom is 0.152 e. The largest absolute Gasteiger partial charge is 0.380 e. The predicted octanol–water partition coefficient (Wildman–Crippen LogP) is 1.83. The monoisotopic (exact) mass is 304 g/mol. The molecule has 1 aliphatic heterocycles. The van der Waals surface area contributed by atoms with Crippen molar-refractivity contribution < 1.29 is 8.42 Å². The van der Waals surface area contributed by atoms with Gasteiger partial charge in [0.1, 0.15) is 0 Å². The maximum atomic E-state index is 11.5. The van der Waals surface area contributed by atoms with E-state index in [1.807, 2.05) is 6.07 Å². The van der Waals surface area contributed by atoms with E-state index in [9.17, 15) is 8.42 Å². The van der Waals surface area contributed by atoms with Gasteiger partial charge in [0.2, 0.25) is 0 Å². The van der Waals surface area contributed by atoms with Gasteiger partial charge in [-0.3, -0.25) is 4.98 Å². The summed E-state index contributed by atoms with van der Waals surface area (Å²) in [5.74, 6) is 0.543. The molecule has 0 saturated carbocycles. The second kappa shape index (κ2) is 4.71. The van der Waals surface area contributed by atoms with Gasteiger partial charge in [0, 0.05) is 16.7 Å². The molecule has 0 amide bonds. The summed E-state index contributed by atoms with van der Waals surface area (Å²) in [7, 11) is -2.86. The Morgan fingerprint density at radius 3 is 2.94 bits per heavy atom. The van der Waals surface area contributed by atoms with Crippen molar-refractivity contribution >= 4 is 31.5 Å². The molecule has 1 saturated heterocycles. The lowest BCUT2D eigenvalue weighted by molar-refractivity contribution is 0.562. The molecular weight excluding hydrogens is 292 g/mol. The number of aromatic nitrogens is 1. The van der Waals surface area contributed by atoms with Crippen LogP contribution in [0.2, 0.25) is 0 Å². The molecule has 1 N–H and O–H groups in total. The van der Waals surface area contributed by atoms with Crippen LogP contribution in [0.4, 0.5) is 5.69 Å². The zero-order valence-corrected chi connectivity index (χ0v) is 11.1. The molecule has 88 valence electrons. The number of nitrogens with zero attached hydrogens (tertiary/aromatic N) is 1. The third kappa shape index (κ3) is 3.18. The van der Waals surface area contributed by atoms with Crippen LogP contribution in [0.25, 0.3) is 0 Å². The third-order valence-electron chi connectivity index (χ3n) is 2.54. The minimum Gasteiger partial charge on any atom is -0.380 e. The van der Waals surface area contributed by atoms with Crippen LogP contribution in [0.1, 0.15) is 12.8 Å². The summed E-state index contributed by atoms with van der Waals surface area (Å²) in [6.45, 7) is 0. The zero-order valence-electron chi connectivity index (χ0n) is 8.69. The second-order valence-electron chi connectivity index (χ2n) is 3.99. The number of halogens is 1. The molecule has 1 fully saturated rings. The normalized spacial score (nSPS) is 23.9. The van der Waals surface area contributed by atoms with Crippen LogP contribution in [0.15, 0.2) is 22.9 Å². The van der Waals surface area contributed by atoms with E-state index in [1.165, 1.54) is 0 Å². The highest BCUT2D eigenvalue weighted by molar-refractivity contribution is 9.10. The Hall–Kier alpha value is -0.620. The Labute approximate surface area is 104 Å². The first-order valence-electron chi connectivity index (χ1n) is 5.13. The van der Waals surface area contributed by atoms with E-state index in [0.29, 0.717) is 5.75 Å². The molecule has 2 rings (SSSR count). The van der Waals surface area contributed by atoms with E-state index in [0.717, 1.165) is 23.0 Å². The standard InChI is InChI=1S/C10H13BrN2O2S/c11-8-4-10(6-12-5-8)13-9-2-1-3-16(14,15)7-9/h4-6,9,13H,1-3,7H2. The third-order valence-corrected chi connectivity index (χ3v) is 4.79. The average molecular weight is 305 g/mol. The van der Waals surface area contributed by atoms with Crippen LogP contribution >= 0.6 is 15.9 Å². The Kier molecular flexibility index (Phi) is 3.49. The SMILES string of the molecule is O=S1(=O)CCCC(Nc2cncc(Br)c2)C1. The average Bonchev–Trinajstić information content (AvgIpc) is 2.15. The van der Waals surface area contributed by atoms with Crippen molar-refractivity contribution in [3.05, 3.63) is 22.9 Å². The first kappa shape index (κ1) is 11.9. The van der Waals surface area contributed by atoms with Crippen LogP contribution in [0, 0.1) is 0 Å². The number of sulfone groups is 1. The summed E-state index contributed by atoms with van der Waals surface area (Å²) < 4.78 is 23.8. The minimum absolute atomic E-state index is 0.00912. The molecule has 0 aromatic carbocycles. The highest BCUT2D eigenvalue weighted by atomic mass is 79.9. The fourth-order valence-electron chi connectivity index (χ4n) is 1.86. The molecule has 1 aromatic heterocycles. The lowest BCUT2D eigenvalue weighted by atomic mass is 10.2. The van der Waals surface area contributed by atoms with E-state index < -0.39 is 9.84 Å². The van der Waals surface area contributed by atoms with Crippen molar-refractivity contribution in [3.8, 4) is 0 Å². The molecule has 1 aliphatic rings. The van der Waals surface area contributed by atoms with Crippen LogP contribution in [-0.4, -0.2) is 30.9 Å². The molecule has 16 heavy (non-hydrogen) atoms. The number of anilines is 1. The van der Waals surface area contributed by atoms with Gasteiger partial charge in [0.25, 0.3) is 0 Å². The summed E-state index contributed by atoms with van der Waals surface area (Å²) in [5, 5.41) is 3.21. The van der Waals surface area contributed by atoms with Gasteiger partial charge in [0.05, 0.1) is 23.4 Å². The molecule has 1 unspecified atom stereocenters. The quantitative estimate of drug-likeness (QED) is 0.905. The highest BCUT2D eigenvalue weighted by Crippen LogP contribution is 2.19. The summed E-state index contributed by atoms with van der Waals surface area (Å²) >= 11 is 3.33. The van der Waals surface area contributed by atoms with Crippen molar-refractivity contribution in [1.82, 2.24) is 4.98 Å². The van der Waals surface area contributed by atoms with Gasteiger partial charge in [-0.1, -0.05) is 0 Å². The Bertz CT molecular complexity index is 475. The Morgan fingerprint density at radius 2 is 2.25 bits per heavy atom. The van der Waals surface area contributed by atoms with Crippen molar-refractivity contribution in [1.29, 1.82) is 0 Å². The molecule has 2 heterocycles. The van der Waals surface area contributed by atoms with Crippen LogP contribution in [-0.2, 0) is 9.84 Å². The second-order valence-corrected chi connectivity index (χ2v) is 7.13. The molecule has 6 heteroatoms. The van der Waals surface area contributed by atoms with Gasteiger partial charge in [-0.2, -0.15) is 0 Å². The first-order chi connectivity index (χ1) is 7.55. The van der Waals surface area contributed by atoms with E-state index >= 15 is 0 Å². The summed E-state index contributed by atoms with van der Waals surface area (Å²) in [4.78, 5) is 4.03. The summed E-state index contributed by atoms with van der Waals surface area (Å²) in [6, 6.07) is 1.91. The van der Waals surface area contributed by atoms with Crippen LogP contribution in [0.5, 0.6) is 0 Å². The molecule has 0 radical (unpaired) electrons. The topological polar surface area (TPSA) is 59.1 Å². The van der Waals surface area contributed by atoms with Gasteiger partial charge in [-0.15, -0.1) is 0 Å². The lowest BCUT2D eigenvalue weighted by Crippen LogP contribution is -2.34. The number of hydrogen-bond donors (Lipinski definition) is 1. The number of nitrogens with one attached hydrogen (secondary N) is 1. The smallest absolute Gasteiger partial charge is 0.152 e. The van der Waals surface area contributed by atoms with Gasteiger partial charge < -0.3 is 5.32 Å². The van der Waals surface area contributed by atoms with Gasteiger partial charge in [-0.25, -0.2) is 8.42 Å². The van der Waals surface area contributed by atoms with Crippen molar-refractivity contribution in [2.45, 2.75) is 18.9 Å². The number of rotatable bonds is 2. The number of pyridine rings is 1. The molecule has 1 atom stereocenters. The van der Waals surface area contributed by atoms with Crippen molar-refractivity contribution in [2.24, 2.45) is 0 Å². The summed E-state index contributed by atoms with van der Waals surface area (Å²) in [5.41, 5.74) is 0.858. The molecule has 4 nitrogen and oxygen atoms in total. The van der Waals surface area contributed by atoms with E-state index in [4.69, 9.17) is 0 Å². The number of hydrogen-bond acceptors (Lipinski definition) is 4. The maximum absolute atomic E-state index is 11.5. The highest BCUT2D eigenvalue weighted by Gasteiger charge is 2.24. The van der Waals surface area contributed by atoms with E-state index in [2.05, 4.69) is 26.2 Å². The lowest BCUT2D eigenvalue weighted by Gasteiger charge is -2.23. The van der Waals surface area contributed by atoms with Crippen molar-refractivity contribution in [2.75, 3.05) is 16.8 Å². The molecule has 0 aliphatic carbocycles. The van der Waals surface area contributed by atoms with E-state index in [-0.39, 0.29) is 11.8 Å². The Morgan fingerprint density at radius 1 is 1.44 bits per heavy atom. The Balaban J connectivity index is 2.05. The molecule has 0 spiro atoms. The molecule has 1 aromatic rings. The van der Waals surface area contributed by atoms with Crippen molar-refractivity contribution in [3.63, 3.8) is 0 Å². The van der Waals surface area contributed by atoms with Crippen LogP contribution in [0.3, 0.4) is 0 Å². The van der Waals surface area contributed by atoms with Gasteiger partial charge >= 0.3 is 0 Å².